The molecule has 0 saturated carbocycles. The van der Waals surface area contributed by atoms with Crippen molar-refractivity contribution in [3.05, 3.63) is 110 Å². The topological polar surface area (TPSA) is 70.0 Å². The lowest BCUT2D eigenvalue weighted by molar-refractivity contribution is 0.453. The Bertz CT molecular complexity index is 1420. The van der Waals surface area contributed by atoms with Gasteiger partial charge in [0.05, 0.1) is 26.0 Å². The van der Waals surface area contributed by atoms with Crippen LogP contribution in [0.5, 0.6) is 17.2 Å². The number of hydrogen-bond acceptors (Lipinski definition) is 4. The van der Waals surface area contributed by atoms with Crippen molar-refractivity contribution in [3.63, 3.8) is 0 Å². The highest BCUT2D eigenvalue weighted by Gasteiger charge is 2.18. The van der Waals surface area contributed by atoms with Crippen molar-refractivity contribution in [1.82, 2.24) is 4.98 Å². The monoisotopic (exact) mass is 591 g/mol. The number of nitrogens with one attached hydrogen (secondary N) is 1. The molecule has 0 radical (unpaired) electrons. The fraction of sp³-hybridized carbons (Fsp3) is 0.143. The Balaban J connectivity index is 1.34. The number of ether oxygens (including phenoxy) is 1. The number of rotatable bonds is 6. The Morgan fingerprint density at radius 1 is 1.03 bits per heavy atom. The molecule has 0 amide bonds. The van der Waals surface area contributed by atoms with Gasteiger partial charge in [-0.2, -0.15) is 0 Å². The molecule has 0 aliphatic carbocycles. The van der Waals surface area contributed by atoms with Gasteiger partial charge in [-0.25, -0.2) is 0 Å². The minimum absolute atomic E-state index is 0.194. The molecule has 0 atom stereocenters. The predicted molar refractivity (Wildman–Crippen MR) is 148 cm³/mol. The summed E-state index contributed by atoms with van der Waals surface area (Å²) in [6.45, 7) is 4.08. The van der Waals surface area contributed by atoms with Gasteiger partial charge in [-0.15, -0.1) is 0 Å². The van der Waals surface area contributed by atoms with Gasteiger partial charge in [0.1, 0.15) is 11.5 Å². The number of aromatic amines is 1. The summed E-state index contributed by atoms with van der Waals surface area (Å²) in [5.74, 6) is 1.83. The molecule has 2 N–H and O–H groups in total. The van der Waals surface area contributed by atoms with Crippen LogP contribution in [0.4, 0.5) is 0 Å². The molecule has 2 aromatic carbocycles. The highest BCUT2D eigenvalue weighted by Crippen LogP contribution is 2.40. The van der Waals surface area contributed by atoms with E-state index < -0.39 is 0 Å². The summed E-state index contributed by atoms with van der Waals surface area (Å²) < 4.78 is 7.85. The number of phenolic OH excluding ortho intramolecular Hbond substituents is 1. The Morgan fingerprint density at radius 3 is 2.54 bits per heavy atom. The Kier molecular flexibility index (Phi) is 6.62. The second-order valence-electron chi connectivity index (χ2n) is 8.67. The van der Waals surface area contributed by atoms with Crippen LogP contribution in [0.1, 0.15) is 42.3 Å². The van der Waals surface area contributed by atoms with Crippen LogP contribution in [0, 0.1) is 0 Å². The van der Waals surface area contributed by atoms with Crippen LogP contribution in [0.25, 0.3) is 0 Å². The standard InChI is InChI=1S/C28H23Br2N3O2/c1-16(2)21-15-19(6-8-26(21)34)35-28-22(29)13-17(14-23(28)30)12-18-5-7-25(33-18)27-20(9-11-32-27)24-4-3-10-31-24/h3-11,13-16,33-34H,12H2,1-2H3. The van der Waals surface area contributed by atoms with Crippen molar-refractivity contribution in [3.8, 4) is 17.2 Å². The number of aliphatic imine (C=N–C) groups is 2. The number of hydrogen-bond donors (Lipinski definition) is 2. The van der Waals surface area contributed by atoms with Crippen LogP contribution < -0.4 is 4.74 Å². The van der Waals surface area contributed by atoms with E-state index in [-0.39, 0.29) is 11.7 Å². The van der Waals surface area contributed by atoms with Gasteiger partial charge in [-0.3, -0.25) is 9.98 Å². The fourth-order valence-corrected chi connectivity index (χ4v) is 5.55. The number of phenols is 1. The third kappa shape index (κ3) is 4.97. The van der Waals surface area contributed by atoms with Crippen molar-refractivity contribution in [2.75, 3.05) is 0 Å². The average Bonchev–Trinajstić information content (AvgIpc) is 3.58. The molecule has 3 aromatic rings. The highest BCUT2D eigenvalue weighted by molar-refractivity contribution is 9.11. The van der Waals surface area contributed by atoms with Gasteiger partial charge in [0, 0.05) is 35.7 Å². The van der Waals surface area contributed by atoms with Gasteiger partial charge >= 0.3 is 0 Å². The molecule has 0 fully saturated rings. The summed E-state index contributed by atoms with van der Waals surface area (Å²) in [4.78, 5) is 12.5. The largest absolute Gasteiger partial charge is 0.508 e. The zero-order valence-electron chi connectivity index (χ0n) is 19.2. The third-order valence-electron chi connectivity index (χ3n) is 5.82. The molecule has 3 heterocycles. The molecule has 5 nitrogen and oxygen atoms in total. The van der Waals surface area contributed by atoms with Crippen molar-refractivity contribution < 1.29 is 9.84 Å². The molecular weight excluding hydrogens is 570 g/mol. The maximum absolute atomic E-state index is 10.1. The number of H-pyrrole nitrogens is 1. The lowest BCUT2D eigenvalue weighted by atomic mass is 10.0. The van der Waals surface area contributed by atoms with E-state index in [1.165, 1.54) is 0 Å². The van der Waals surface area contributed by atoms with E-state index >= 15 is 0 Å². The van der Waals surface area contributed by atoms with E-state index in [1.807, 2.05) is 44.3 Å². The van der Waals surface area contributed by atoms with Crippen LogP contribution in [0.15, 0.2) is 97.1 Å². The normalized spacial score (nSPS) is 16.5. The molecule has 1 aromatic heterocycles. The van der Waals surface area contributed by atoms with E-state index in [1.54, 1.807) is 18.3 Å². The second kappa shape index (κ2) is 9.84. The molecule has 2 aliphatic rings. The zero-order valence-corrected chi connectivity index (χ0v) is 22.4. The van der Waals surface area contributed by atoms with E-state index in [0.717, 1.165) is 54.9 Å². The maximum Gasteiger partial charge on any atom is 0.155 e. The lowest BCUT2D eigenvalue weighted by Gasteiger charge is -2.14. The summed E-state index contributed by atoms with van der Waals surface area (Å²) >= 11 is 7.34. The first-order valence-corrected chi connectivity index (χ1v) is 12.8. The van der Waals surface area contributed by atoms with Gasteiger partial charge in [-0.1, -0.05) is 13.8 Å². The predicted octanol–water partition coefficient (Wildman–Crippen LogP) is 7.96. The molecule has 7 heteroatoms. The summed E-state index contributed by atoms with van der Waals surface area (Å²) in [5.41, 5.74) is 6.86. The van der Waals surface area contributed by atoms with E-state index in [9.17, 15) is 5.11 Å². The van der Waals surface area contributed by atoms with Crippen molar-refractivity contribution >= 4 is 43.8 Å². The Hall–Kier alpha value is -3.16. The van der Waals surface area contributed by atoms with Crippen molar-refractivity contribution in [1.29, 1.82) is 0 Å². The summed E-state index contributed by atoms with van der Waals surface area (Å²) in [5, 5.41) is 10.1. The molecule has 176 valence electrons. The maximum atomic E-state index is 10.1. The number of allylic oxidation sites excluding steroid dienone is 4. The first-order valence-electron chi connectivity index (χ1n) is 11.3. The van der Waals surface area contributed by atoms with Crippen molar-refractivity contribution in [2.45, 2.75) is 26.2 Å². The van der Waals surface area contributed by atoms with E-state index in [2.05, 4.69) is 71.1 Å². The van der Waals surface area contributed by atoms with Crippen LogP contribution >= 0.6 is 31.9 Å². The number of nitrogens with zero attached hydrogens (tertiary/aromatic N) is 2. The quantitative estimate of drug-likeness (QED) is 0.305. The van der Waals surface area contributed by atoms with Crippen LogP contribution in [-0.2, 0) is 6.42 Å². The molecule has 35 heavy (non-hydrogen) atoms. The fourth-order valence-electron chi connectivity index (χ4n) is 4.11. The number of aromatic nitrogens is 1. The first kappa shape index (κ1) is 23.6. The van der Waals surface area contributed by atoms with Crippen LogP contribution in [0.3, 0.4) is 0 Å². The lowest BCUT2D eigenvalue weighted by Crippen LogP contribution is -2.03. The zero-order chi connectivity index (χ0) is 24.5. The van der Waals surface area contributed by atoms with Gasteiger partial charge in [0.25, 0.3) is 0 Å². The Morgan fingerprint density at radius 2 is 1.83 bits per heavy atom. The third-order valence-corrected chi connectivity index (χ3v) is 7.00. The van der Waals surface area contributed by atoms with Gasteiger partial charge in [0.2, 0.25) is 0 Å². The minimum Gasteiger partial charge on any atom is -0.508 e. The van der Waals surface area contributed by atoms with Gasteiger partial charge < -0.3 is 14.8 Å². The number of halogens is 2. The smallest absolute Gasteiger partial charge is 0.155 e. The van der Waals surface area contributed by atoms with Crippen LogP contribution in [-0.4, -0.2) is 22.0 Å². The van der Waals surface area contributed by atoms with Gasteiger partial charge in [-0.05, 0) is 104 Å². The molecule has 2 aliphatic heterocycles. The van der Waals surface area contributed by atoms with E-state index in [4.69, 9.17) is 4.74 Å². The highest BCUT2D eigenvalue weighted by atomic mass is 79.9. The summed E-state index contributed by atoms with van der Waals surface area (Å²) in [6, 6.07) is 13.6. The second-order valence-corrected chi connectivity index (χ2v) is 10.4. The molecular formula is C28H23Br2N3O2. The first-order chi connectivity index (χ1) is 16.9. The number of aromatic hydroxyl groups is 1. The molecule has 0 saturated heterocycles. The minimum atomic E-state index is 0.194. The van der Waals surface area contributed by atoms with Crippen LogP contribution in [0.2, 0.25) is 0 Å². The Labute approximate surface area is 220 Å². The molecule has 0 bridgehead atoms. The number of benzene rings is 2. The SMILES string of the molecule is CC(C)c1cc(Oc2c(Br)cc(Cc3ccc(C4=NC=CC4=C4C=CC=N4)[nH]3)cc2Br)ccc1O. The summed E-state index contributed by atoms with van der Waals surface area (Å²) in [6.07, 6.45) is 10.2. The molecule has 0 unspecified atom stereocenters. The van der Waals surface area contributed by atoms with Crippen molar-refractivity contribution in [2.24, 2.45) is 9.98 Å². The molecule has 5 rings (SSSR count). The van der Waals surface area contributed by atoms with Gasteiger partial charge in [0.15, 0.2) is 5.75 Å². The summed E-state index contributed by atoms with van der Waals surface area (Å²) in [7, 11) is 0. The molecule has 0 spiro atoms. The van der Waals surface area contributed by atoms with E-state index in [0.29, 0.717) is 11.5 Å². The average molecular weight is 593 g/mol.